The summed E-state index contributed by atoms with van der Waals surface area (Å²) in [6, 6.07) is 10.8. The number of hydrogen-bond acceptors (Lipinski definition) is 3. The van der Waals surface area contributed by atoms with Crippen molar-refractivity contribution in [3.05, 3.63) is 43.0 Å². The minimum absolute atomic E-state index is 0.989. The van der Waals surface area contributed by atoms with Crippen LogP contribution in [0.3, 0.4) is 0 Å². The van der Waals surface area contributed by atoms with Crippen molar-refractivity contribution in [1.29, 1.82) is 0 Å². The molecule has 0 amide bonds. The topological polar surface area (TPSA) is 34.1 Å². The lowest BCUT2D eigenvalue weighted by Crippen LogP contribution is -2.46. The highest BCUT2D eigenvalue weighted by Gasteiger charge is 2.16. The van der Waals surface area contributed by atoms with Gasteiger partial charge >= 0.3 is 0 Å². The smallest absolute Gasteiger partial charge is 0.193 e. The summed E-state index contributed by atoms with van der Waals surface area (Å²) in [5.41, 5.74) is 1.35. The highest BCUT2D eigenvalue weighted by Crippen LogP contribution is 2.15. The lowest BCUT2D eigenvalue weighted by Gasteiger charge is -2.36. The van der Waals surface area contributed by atoms with Crippen molar-refractivity contribution < 1.29 is 0 Å². The van der Waals surface area contributed by atoms with Crippen LogP contribution in [0.25, 0.3) is 0 Å². The Morgan fingerprint density at radius 2 is 1.89 bits per heavy atom. The Balaban J connectivity index is 1.56. The normalized spacial score (nSPS) is 15.6. The molecule has 0 atom stereocenters. The van der Waals surface area contributed by atoms with Crippen LogP contribution < -0.4 is 10.2 Å². The predicted octanol–water partition coefficient (Wildman–Crippen LogP) is 3.06. The van der Waals surface area contributed by atoms with Gasteiger partial charge in [0, 0.05) is 59.1 Å². The standard InChI is InChI=1S/C22H37N5/c1-4-5-10-15-25(3)22(23-2)24-14-9-11-16-26-17-19-27(20-18-26)21-12-7-6-8-13-21/h4,6-8,12-13H,1,5,9-11,14-20H2,2-3H3,(H,23,24). The highest BCUT2D eigenvalue weighted by molar-refractivity contribution is 5.79. The molecule has 5 nitrogen and oxygen atoms in total. The van der Waals surface area contributed by atoms with Crippen LogP contribution >= 0.6 is 0 Å². The number of rotatable bonds is 10. The molecule has 0 radical (unpaired) electrons. The molecule has 0 aromatic heterocycles. The Kier molecular flexibility index (Phi) is 9.77. The van der Waals surface area contributed by atoms with Crippen LogP contribution in [0.1, 0.15) is 25.7 Å². The van der Waals surface area contributed by atoms with Gasteiger partial charge in [-0.25, -0.2) is 0 Å². The molecule has 1 aliphatic heterocycles. The molecule has 5 heteroatoms. The van der Waals surface area contributed by atoms with Gasteiger partial charge < -0.3 is 15.1 Å². The first-order chi connectivity index (χ1) is 13.2. The van der Waals surface area contributed by atoms with Gasteiger partial charge in [0.25, 0.3) is 0 Å². The molecule has 0 aliphatic carbocycles. The largest absolute Gasteiger partial charge is 0.369 e. The van der Waals surface area contributed by atoms with E-state index < -0.39 is 0 Å². The summed E-state index contributed by atoms with van der Waals surface area (Å²) in [6.45, 7) is 11.6. The first kappa shape index (κ1) is 21.3. The number of unbranched alkanes of at least 4 members (excludes halogenated alkanes) is 2. The Bertz CT molecular complexity index is 549. The number of aliphatic imine (C=N–C) groups is 1. The van der Waals surface area contributed by atoms with E-state index in [2.05, 4.69) is 69.0 Å². The van der Waals surface area contributed by atoms with Crippen LogP contribution in [-0.2, 0) is 0 Å². The molecule has 0 spiro atoms. The molecule has 2 rings (SSSR count). The van der Waals surface area contributed by atoms with Crippen molar-refractivity contribution in [2.45, 2.75) is 25.7 Å². The van der Waals surface area contributed by atoms with Gasteiger partial charge in [0.2, 0.25) is 0 Å². The maximum atomic E-state index is 4.38. The number of nitrogens with zero attached hydrogens (tertiary/aromatic N) is 4. The van der Waals surface area contributed by atoms with Gasteiger partial charge in [-0.2, -0.15) is 0 Å². The van der Waals surface area contributed by atoms with Gasteiger partial charge in [0.05, 0.1) is 0 Å². The quantitative estimate of drug-likeness (QED) is 0.297. The van der Waals surface area contributed by atoms with Gasteiger partial charge in [-0.1, -0.05) is 24.3 Å². The number of anilines is 1. The SMILES string of the molecule is C=CCCCN(C)C(=NC)NCCCCN1CCN(c2ccccc2)CC1. The summed E-state index contributed by atoms with van der Waals surface area (Å²) >= 11 is 0. The van der Waals surface area contributed by atoms with Gasteiger partial charge in [0.15, 0.2) is 5.96 Å². The average molecular weight is 372 g/mol. The van der Waals surface area contributed by atoms with Gasteiger partial charge in [-0.3, -0.25) is 9.89 Å². The molecule has 0 unspecified atom stereocenters. The third-order valence-corrected chi connectivity index (χ3v) is 5.15. The second-order valence-electron chi connectivity index (χ2n) is 7.20. The molecule has 1 heterocycles. The molecule has 1 N–H and O–H groups in total. The molecule has 150 valence electrons. The number of para-hydroxylation sites is 1. The summed E-state index contributed by atoms with van der Waals surface area (Å²) < 4.78 is 0. The predicted molar refractivity (Wildman–Crippen MR) is 118 cm³/mol. The van der Waals surface area contributed by atoms with E-state index in [9.17, 15) is 0 Å². The second-order valence-corrected chi connectivity index (χ2v) is 7.20. The van der Waals surface area contributed by atoms with Crippen molar-refractivity contribution in [3.63, 3.8) is 0 Å². The van der Waals surface area contributed by atoms with Gasteiger partial charge in [0.1, 0.15) is 0 Å². The summed E-state index contributed by atoms with van der Waals surface area (Å²) in [6.07, 6.45) is 6.56. The second kappa shape index (κ2) is 12.4. The summed E-state index contributed by atoms with van der Waals surface area (Å²) in [7, 11) is 3.96. The monoisotopic (exact) mass is 371 g/mol. The van der Waals surface area contributed by atoms with E-state index in [1.165, 1.54) is 25.1 Å². The van der Waals surface area contributed by atoms with Crippen LogP contribution in [-0.4, -0.2) is 75.7 Å². The fourth-order valence-corrected chi connectivity index (χ4v) is 3.49. The van der Waals surface area contributed by atoms with E-state index in [0.717, 1.165) is 58.1 Å². The van der Waals surface area contributed by atoms with E-state index in [1.54, 1.807) is 0 Å². The van der Waals surface area contributed by atoms with Crippen LogP contribution in [0.15, 0.2) is 48.0 Å². The van der Waals surface area contributed by atoms with E-state index in [1.807, 2.05) is 13.1 Å². The zero-order valence-electron chi connectivity index (χ0n) is 17.2. The first-order valence-corrected chi connectivity index (χ1v) is 10.3. The van der Waals surface area contributed by atoms with E-state index >= 15 is 0 Å². The molecular weight excluding hydrogens is 334 g/mol. The number of allylic oxidation sites excluding steroid dienone is 1. The number of benzene rings is 1. The molecule has 27 heavy (non-hydrogen) atoms. The third-order valence-electron chi connectivity index (χ3n) is 5.15. The van der Waals surface area contributed by atoms with Crippen LogP contribution in [0, 0.1) is 0 Å². The maximum Gasteiger partial charge on any atom is 0.193 e. The van der Waals surface area contributed by atoms with Gasteiger partial charge in [-0.15, -0.1) is 6.58 Å². The zero-order valence-corrected chi connectivity index (χ0v) is 17.2. The number of guanidine groups is 1. The lowest BCUT2D eigenvalue weighted by atomic mass is 10.2. The molecule has 1 aliphatic rings. The summed E-state index contributed by atoms with van der Waals surface area (Å²) in [4.78, 5) is 11.7. The lowest BCUT2D eigenvalue weighted by molar-refractivity contribution is 0.253. The van der Waals surface area contributed by atoms with Crippen molar-refractivity contribution in [3.8, 4) is 0 Å². The van der Waals surface area contributed by atoms with Crippen molar-refractivity contribution in [1.82, 2.24) is 15.1 Å². The number of piperazine rings is 1. The van der Waals surface area contributed by atoms with Gasteiger partial charge in [-0.05, 0) is 44.4 Å². The molecule has 1 aromatic rings. The average Bonchev–Trinajstić information content (AvgIpc) is 2.72. The molecule has 1 aromatic carbocycles. The molecule has 1 fully saturated rings. The highest BCUT2D eigenvalue weighted by atomic mass is 15.3. The fourth-order valence-electron chi connectivity index (χ4n) is 3.49. The molecule has 1 saturated heterocycles. The summed E-state index contributed by atoms with van der Waals surface area (Å²) in [5.74, 6) is 0.996. The maximum absolute atomic E-state index is 4.38. The Hall–Kier alpha value is -2.01. The van der Waals surface area contributed by atoms with E-state index in [-0.39, 0.29) is 0 Å². The number of hydrogen-bond donors (Lipinski definition) is 1. The Morgan fingerprint density at radius 1 is 1.15 bits per heavy atom. The first-order valence-electron chi connectivity index (χ1n) is 10.3. The van der Waals surface area contributed by atoms with E-state index in [4.69, 9.17) is 0 Å². The van der Waals surface area contributed by atoms with Crippen molar-refractivity contribution in [2.24, 2.45) is 4.99 Å². The fraction of sp³-hybridized carbons (Fsp3) is 0.591. The minimum atomic E-state index is 0.989. The van der Waals surface area contributed by atoms with Crippen LogP contribution in [0.5, 0.6) is 0 Å². The van der Waals surface area contributed by atoms with E-state index in [0.29, 0.717) is 0 Å². The Morgan fingerprint density at radius 3 is 2.56 bits per heavy atom. The zero-order chi connectivity index (χ0) is 19.3. The van der Waals surface area contributed by atoms with Crippen LogP contribution in [0.4, 0.5) is 5.69 Å². The van der Waals surface area contributed by atoms with Crippen LogP contribution in [0.2, 0.25) is 0 Å². The third kappa shape index (κ3) is 7.63. The van der Waals surface area contributed by atoms with Crippen molar-refractivity contribution in [2.75, 3.05) is 64.8 Å². The minimum Gasteiger partial charge on any atom is -0.369 e. The number of nitrogens with one attached hydrogen (secondary N) is 1. The molecule has 0 saturated carbocycles. The van der Waals surface area contributed by atoms with Crippen molar-refractivity contribution >= 4 is 11.6 Å². The molecular formula is C22H37N5. The summed E-state index contributed by atoms with van der Waals surface area (Å²) in [5, 5.41) is 3.49. The molecule has 0 bridgehead atoms. The Labute approximate surface area is 165 Å².